The average Bonchev–Trinajstić information content (AvgIpc) is 2.45. The highest BCUT2D eigenvalue weighted by Crippen LogP contribution is 2.29. The molecule has 0 radical (unpaired) electrons. The maximum absolute atomic E-state index is 6.12. The fraction of sp³-hybridized carbons (Fsp3) is 0.250. The monoisotopic (exact) mass is 497 g/mol. The first-order valence-corrected chi connectivity index (χ1v) is 9.26. The number of benzene rings is 2. The molecule has 2 rings (SSSR count). The van der Waals surface area contributed by atoms with Crippen molar-refractivity contribution in [1.29, 1.82) is 0 Å². The quantitative estimate of drug-likeness (QED) is 0.480. The van der Waals surface area contributed by atoms with Crippen molar-refractivity contribution in [2.45, 2.75) is 19.4 Å². The zero-order chi connectivity index (χ0) is 15.4. The van der Waals surface area contributed by atoms with Crippen molar-refractivity contribution >= 4 is 61.7 Å². The van der Waals surface area contributed by atoms with Crippen molar-refractivity contribution in [1.82, 2.24) is 5.32 Å². The van der Waals surface area contributed by atoms with E-state index >= 15 is 0 Å². The second kappa shape index (κ2) is 8.16. The maximum Gasteiger partial charge on any atom is 0.0595 e. The summed E-state index contributed by atoms with van der Waals surface area (Å²) in [5.41, 5.74) is 2.46. The summed E-state index contributed by atoms with van der Waals surface area (Å²) >= 11 is 18.0. The predicted molar refractivity (Wildman–Crippen MR) is 103 cm³/mol. The van der Waals surface area contributed by atoms with E-state index in [0.717, 1.165) is 17.4 Å². The van der Waals surface area contributed by atoms with Crippen LogP contribution in [-0.2, 0) is 6.42 Å². The molecule has 0 fully saturated rings. The summed E-state index contributed by atoms with van der Waals surface area (Å²) in [6, 6.07) is 12.4. The standard InChI is InChI=1S/C16H15BrCl2IN/c1-2-21-16(12-9-11(17)4-6-15(12)20)8-10-3-5-13(18)14(19)7-10/h3-7,9,16,21H,2,8H2,1H3. The molecule has 0 amide bonds. The summed E-state index contributed by atoms with van der Waals surface area (Å²) in [7, 11) is 0. The second-order valence-electron chi connectivity index (χ2n) is 4.73. The molecule has 5 heteroatoms. The highest BCUT2D eigenvalue weighted by molar-refractivity contribution is 14.1. The van der Waals surface area contributed by atoms with Crippen LogP contribution in [0.2, 0.25) is 10.0 Å². The van der Waals surface area contributed by atoms with Gasteiger partial charge in [-0.05, 0) is 77.0 Å². The van der Waals surface area contributed by atoms with Crippen LogP contribution in [-0.4, -0.2) is 6.54 Å². The number of nitrogens with one attached hydrogen (secondary N) is 1. The molecule has 1 unspecified atom stereocenters. The van der Waals surface area contributed by atoms with Gasteiger partial charge < -0.3 is 5.32 Å². The lowest BCUT2D eigenvalue weighted by Gasteiger charge is -2.20. The van der Waals surface area contributed by atoms with E-state index in [1.54, 1.807) is 0 Å². The molecule has 0 aliphatic rings. The summed E-state index contributed by atoms with van der Waals surface area (Å²) in [4.78, 5) is 0. The van der Waals surface area contributed by atoms with Crippen LogP contribution >= 0.6 is 61.7 Å². The SMILES string of the molecule is CCNC(Cc1ccc(Cl)c(Cl)c1)c1cc(Br)ccc1I. The van der Waals surface area contributed by atoms with Gasteiger partial charge in [-0.1, -0.05) is 52.1 Å². The summed E-state index contributed by atoms with van der Waals surface area (Å²) in [5.74, 6) is 0. The van der Waals surface area contributed by atoms with Gasteiger partial charge in [-0.15, -0.1) is 0 Å². The Kier molecular flexibility index (Phi) is 6.81. The Morgan fingerprint density at radius 1 is 1.14 bits per heavy atom. The summed E-state index contributed by atoms with van der Waals surface area (Å²) in [6.07, 6.45) is 0.872. The van der Waals surface area contributed by atoms with Crippen molar-refractivity contribution in [3.8, 4) is 0 Å². The molecule has 112 valence electrons. The van der Waals surface area contributed by atoms with Crippen molar-refractivity contribution in [3.63, 3.8) is 0 Å². The lowest BCUT2D eigenvalue weighted by atomic mass is 9.99. The van der Waals surface area contributed by atoms with E-state index in [0.29, 0.717) is 10.0 Å². The molecule has 0 aromatic heterocycles. The third-order valence-corrected chi connectivity index (χ3v) is 5.42. The molecule has 1 N–H and O–H groups in total. The van der Waals surface area contributed by atoms with Crippen molar-refractivity contribution in [3.05, 3.63) is 65.6 Å². The largest absolute Gasteiger partial charge is 0.310 e. The number of rotatable bonds is 5. The molecule has 0 spiro atoms. The zero-order valence-corrected chi connectivity index (χ0v) is 16.7. The lowest BCUT2D eigenvalue weighted by Crippen LogP contribution is -2.23. The zero-order valence-electron chi connectivity index (χ0n) is 11.5. The molecule has 2 aromatic rings. The highest BCUT2D eigenvalue weighted by atomic mass is 127. The van der Waals surface area contributed by atoms with Crippen LogP contribution in [0.3, 0.4) is 0 Å². The Morgan fingerprint density at radius 2 is 1.90 bits per heavy atom. The van der Waals surface area contributed by atoms with Gasteiger partial charge in [-0.25, -0.2) is 0 Å². The Labute approximate surface area is 157 Å². The first kappa shape index (κ1) is 17.5. The minimum Gasteiger partial charge on any atom is -0.310 e. The number of likely N-dealkylation sites (N-methyl/N-ethyl adjacent to an activating group) is 1. The number of hydrogen-bond acceptors (Lipinski definition) is 1. The normalized spacial score (nSPS) is 12.4. The highest BCUT2D eigenvalue weighted by Gasteiger charge is 2.15. The van der Waals surface area contributed by atoms with E-state index in [1.807, 2.05) is 18.2 Å². The minimum atomic E-state index is 0.247. The van der Waals surface area contributed by atoms with E-state index in [2.05, 4.69) is 69.0 Å². The van der Waals surface area contributed by atoms with Gasteiger partial charge >= 0.3 is 0 Å². The Hall–Kier alpha value is 0.190. The predicted octanol–water partition coefficient (Wildman–Crippen LogP) is 6.25. The summed E-state index contributed by atoms with van der Waals surface area (Å²) < 4.78 is 2.34. The molecule has 0 bridgehead atoms. The summed E-state index contributed by atoms with van der Waals surface area (Å²) in [5, 5.41) is 4.75. The van der Waals surface area contributed by atoms with Gasteiger partial charge in [0.05, 0.1) is 10.0 Å². The summed E-state index contributed by atoms with van der Waals surface area (Å²) in [6.45, 7) is 3.03. The lowest BCUT2D eigenvalue weighted by molar-refractivity contribution is 0.547. The molecule has 0 heterocycles. The molecule has 21 heavy (non-hydrogen) atoms. The van der Waals surface area contributed by atoms with Gasteiger partial charge in [0, 0.05) is 14.1 Å². The van der Waals surface area contributed by atoms with Crippen molar-refractivity contribution in [2.75, 3.05) is 6.54 Å². The van der Waals surface area contributed by atoms with Crippen LogP contribution in [0.15, 0.2) is 40.9 Å². The first-order valence-electron chi connectivity index (χ1n) is 6.63. The maximum atomic E-state index is 6.12. The Balaban J connectivity index is 2.30. The van der Waals surface area contributed by atoms with Gasteiger partial charge in [-0.3, -0.25) is 0 Å². The van der Waals surface area contributed by atoms with Crippen LogP contribution < -0.4 is 5.32 Å². The fourth-order valence-corrected chi connectivity index (χ4v) is 3.63. The van der Waals surface area contributed by atoms with Crippen LogP contribution in [0.5, 0.6) is 0 Å². The smallest absolute Gasteiger partial charge is 0.0595 e. The third kappa shape index (κ3) is 4.83. The van der Waals surface area contributed by atoms with E-state index in [1.165, 1.54) is 14.7 Å². The van der Waals surface area contributed by atoms with Crippen molar-refractivity contribution in [2.24, 2.45) is 0 Å². The van der Waals surface area contributed by atoms with Gasteiger partial charge in [-0.2, -0.15) is 0 Å². The Morgan fingerprint density at radius 3 is 2.57 bits per heavy atom. The average molecular weight is 499 g/mol. The minimum absolute atomic E-state index is 0.247. The van der Waals surface area contributed by atoms with Crippen LogP contribution in [0.25, 0.3) is 0 Å². The van der Waals surface area contributed by atoms with Crippen LogP contribution in [0.1, 0.15) is 24.1 Å². The van der Waals surface area contributed by atoms with E-state index in [9.17, 15) is 0 Å². The molecule has 0 aliphatic heterocycles. The number of hydrogen-bond donors (Lipinski definition) is 1. The van der Waals surface area contributed by atoms with E-state index in [-0.39, 0.29) is 6.04 Å². The van der Waals surface area contributed by atoms with Crippen LogP contribution in [0, 0.1) is 3.57 Å². The van der Waals surface area contributed by atoms with Gasteiger partial charge in [0.2, 0.25) is 0 Å². The molecular weight excluding hydrogens is 484 g/mol. The van der Waals surface area contributed by atoms with Crippen LogP contribution in [0.4, 0.5) is 0 Å². The topological polar surface area (TPSA) is 12.0 Å². The molecule has 2 aromatic carbocycles. The second-order valence-corrected chi connectivity index (χ2v) is 7.62. The Bertz CT molecular complexity index is 634. The molecule has 1 atom stereocenters. The van der Waals surface area contributed by atoms with E-state index in [4.69, 9.17) is 23.2 Å². The third-order valence-electron chi connectivity index (χ3n) is 3.21. The fourth-order valence-electron chi connectivity index (χ4n) is 2.22. The molecule has 1 nitrogen and oxygen atoms in total. The first-order chi connectivity index (χ1) is 10.0. The molecular formula is C16H15BrCl2IN. The van der Waals surface area contributed by atoms with Gasteiger partial charge in [0.15, 0.2) is 0 Å². The molecule has 0 aliphatic carbocycles. The van der Waals surface area contributed by atoms with Gasteiger partial charge in [0.25, 0.3) is 0 Å². The number of halogens is 4. The van der Waals surface area contributed by atoms with Gasteiger partial charge in [0.1, 0.15) is 0 Å². The molecule has 0 saturated carbocycles. The van der Waals surface area contributed by atoms with Crippen molar-refractivity contribution < 1.29 is 0 Å². The van der Waals surface area contributed by atoms with E-state index < -0.39 is 0 Å². The molecule has 0 saturated heterocycles.